The number of para-hydroxylation sites is 1. The van der Waals surface area contributed by atoms with E-state index in [2.05, 4.69) is 10.2 Å². The number of nitrogens with zero attached hydrogens (tertiary/aromatic N) is 2. The molecule has 40 heavy (non-hydrogen) atoms. The third kappa shape index (κ3) is 6.03. The monoisotopic (exact) mass is 583 g/mol. The molecule has 2 aliphatic heterocycles. The Morgan fingerprint density at radius 1 is 0.975 bits per heavy atom. The summed E-state index contributed by atoms with van der Waals surface area (Å²) in [7, 11) is 0. The number of rotatable bonds is 7. The van der Waals surface area contributed by atoms with Crippen LogP contribution in [0.2, 0.25) is 10.0 Å². The van der Waals surface area contributed by atoms with Crippen molar-refractivity contribution < 1.29 is 18.7 Å². The maximum absolute atomic E-state index is 14.1. The molecule has 2 amide bonds. The maximum Gasteiger partial charge on any atom is 0.253 e. The van der Waals surface area contributed by atoms with Gasteiger partial charge < -0.3 is 19.9 Å². The molecule has 1 N–H and O–H groups in total. The molecule has 3 aromatic rings. The predicted molar refractivity (Wildman–Crippen MR) is 155 cm³/mol. The van der Waals surface area contributed by atoms with Crippen LogP contribution in [0.4, 0.5) is 10.1 Å². The van der Waals surface area contributed by atoms with Gasteiger partial charge in [-0.1, -0.05) is 59.6 Å². The number of nitrogens with one attached hydrogen (secondary N) is 1. The van der Waals surface area contributed by atoms with Crippen molar-refractivity contribution >= 4 is 40.7 Å². The van der Waals surface area contributed by atoms with Crippen molar-refractivity contribution in [1.29, 1.82) is 0 Å². The first kappa shape index (κ1) is 28.6. The number of hydrogen-bond donors (Lipinski definition) is 1. The lowest BCUT2D eigenvalue weighted by atomic mass is 9.80. The van der Waals surface area contributed by atoms with Crippen LogP contribution in [0, 0.1) is 5.82 Å². The normalized spacial score (nSPS) is 21.3. The lowest BCUT2D eigenvalue weighted by Crippen LogP contribution is -2.55. The van der Waals surface area contributed by atoms with Crippen molar-refractivity contribution in [2.45, 2.75) is 37.3 Å². The second-order valence-electron chi connectivity index (χ2n) is 10.6. The van der Waals surface area contributed by atoms with E-state index >= 15 is 0 Å². The number of hydrogen-bond acceptors (Lipinski definition) is 4. The van der Waals surface area contributed by atoms with Gasteiger partial charge in [-0.2, -0.15) is 0 Å². The molecule has 0 unspecified atom stereocenters. The Kier molecular flexibility index (Phi) is 8.47. The first-order valence-corrected chi connectivity index (χ1v) is 14.2. The molecule has 0 radical (unpaired) electrons. The van der Waals surface area contributed by atoms with Gasteiger partial charge in [0.15, 0.2) is 0 Å². The number of likely N-dealkylation sites (tertiary alicyclic amines) is 1. The Labute approximate surface area is 244 Å². The molecule has 0 bridgehead atoms. The van der Waals surface area contributed by atoms with Crippen molar-refractivity contribution in [2.24, 2.45) is 0 Å². The Morgan fingerprint density at radius 3 is 2.40 bits per heavy atom. The molecule has 210 valence electrons. The molecular weight excluding hydrogens is 552 g/mol. The van der Waals surface area contributed by atoms with Crippen molar-refractivity contribution in [1.82, 2.24) is 10.2 Å². The van der Waals surface area contributed by atoms with Gasteiger partial charge in [-0.05, 0) is 66.8 Å². The van der Waals surface area contributed by atoms with Crippen LogP contribution in [0.1, 0.15) is 37.3 Å². The standard InChI is InChI=1S/C31H32Cl2FN3O3/c1-22(38)35-30(23-6-5-7-25(34)18-23)12-15-36(16-13-30)17-14-31(24-10-11-27(32)28(33)19-24)21-37(29(39)20-40-31)26-8-3-2-4-9-26/h2-11,18-19H,12-17,20-21H2,1H3,(H,35,38)/t31-/m0/s1. The molecule has 5 rings (SSSR count). The van der Waals surface area contributed by atoms with Crippen molar-refractivity contribution in [3.8, 4) is 0 Å². The number of morpholine rings is 1. The number of amides is 2. The van der Waals surface area contributed by atoms with Crippen LogP contribution >= 0.6 is 23.2 Å². The van der Waals surface area contributed by atoms with Crippen molar-refractivity contribution in [3.05, 3.63) is 99.8 Å². The number of anilines is 1. The number of carbonyl (C=O) groups is 2. The SMILES string of the molecule is CC(=O)NC1(c2cccc(F)c2)CCN(CC[C@@]2(c3ccc(Cl)c(Cl)c3)CN(c3ccccc3)C(=O)CO2)CC1. The highest BCUT2D eigenvalue weighted by molar-refractivity contribution is 6.42. The highest BCUT2D eigenvalue weighted by Crippen LogP contribution is 2.39. The summed E-state index contributed by atoms with van der Waals surface area (Å²) in [5.74, 6) is -0.562. The van der Waals surface area contributed by atoms with Crippen LogP contribution in [-0.2, 0) is 25.5 Å². The van der Waals surface area contributed by atoms with Crippen LogP contribution in [-0.4, -0.2) is 49.5 Å². The summed E-state index contributed by atoms with van der Waals surface area (Å²) in [4.78, 5) is 29.2. The quantitative estimate of drug-likeness (QED) is 0.375. The first-order valence-electron chi connectivity index (χ1n) is 13.4. The lowest BCUT2D eigenvalue weighted by molar-refractivity contribution is -0.141. The van der Waals surface area contributed by atoms with E-state index in [1.165, 1.54) is 19.1 Å². The number of ether oxygens (including phenoxy) is 1. The van der Waals surface area contributed by atoms with E-state index in [1.807, 2.05) is 48.5 Å². The van der Waals surface area contributed by atoms with Gasteiger partial charge in [0.05, 0.1) is 22.1 Å². The van der Waals surface area contributed by atoms with E-state index in [0.717, 1.165) is 16.8 Å². The molecule has 9 heteroatoms. The maximum atomic E-state index is 14.1. The van der Waals surface area contributed by atoms with Gasteiger partial charge in [0, 0.05) is 32.2 Å². The third-order valence-corrected chi connectivity index (χ3v) is 8.77. The number of piperidine rings is 1. The van der Waals surface area contributed by atoms with Gasteiger partial charge in [-0.3, -0.25) is 9.59 Å². The summed E-state index contributed by atoms with van der Waals surface area (Å²) in [5, 5.41) is 3.99. The minimum atomic E-state index is -0.799. The average Bonchev–Trinajstić information content (AvgIpc) is 2.95. The molecule has 3 aromatic carbocycles. The minimum Gasteiger partial charge on any atom is -0.359 e. The highest BCUT2D eigenvalue weighted by Gasteiger charge is 2.43. The van der Waals surface area contributed by atoms with Gasteiger partial charge >= 0.3 is 0 Å². The van der Waals surface area contributed by atoms with E-state index in [4.69, 9.17) is 27.9 Å². The molecule has 2 heterocycles. The van der Waals surface area contributed by atoms with E-state index in [1.54, 1.807) is 17.0 Å². The summed E-state index contributed by atoms with van der Waals surface area (Å²) in [5.41, 5.74) is 1.03. The van der Waals surface area contributed by atoms with Crippen LogP contribution in [0.3, 0.4) is 0 Å². The van der Waals surface area contributed by atoms with E-state index in [9.17, 15) is 14.0 Å². The summed E-state index contributed by atoms with van der Waals surface area (Å²) >= 11 is 12.7. The minimum absolute atomic E-state index is 0.0552. The van der Waals surface area contributed by atoms with Gasteiger partial charge in [-0.15, -0.1) is 0 Å². The van der Waals surface area contributed by atoms with Gasteiger partial charge in [0.1, 0.15) is 18.0 Å². The molecular formula is C31H32Cl2FN3O3. The number of benzene rings is 3. The molecule has 2 aliphatic rings. The van der Waals surface area contributed by atoms with Gasteiger partial charge in [-0.25, -0.2) is 4.39 Å². The molecule has 6 nitrogen and oxygen atoms in total. The summed E-state index contributed by atoms with van der Waals surface area (Å²) < 4.78 is 20.4. The Morgan fingerprint density at radius 2 is 1.73 bits per heavy atom. The molecule has 2 saturated heterocycles. The zero-order chi connectivity index (χ0) is 28.3. The zero-order valence-corrected chi connectivity index (χ0v) is 23.8. The largest absolute Gasteiger partial charge is 0.359 e. The van der Waals surface area contributed by atoms with Crippen molar-refractivity contribution in [3.63, 3.8) is 0 Å². The zero-order valence-electron chi connectivity index (χ0n) is 22.3. The fraction of sp³-hybridized carbons (Fsp3) is 0.355. The summed E-state index contributed by atoms with van der Waals surface area (Å²) in [6.07, 6.45) is 1.89. The van der Waals surface area contributed by atoms with Crippen LogP contribution in [0.15, 0.2) is 72.8 Å². The number of halogens is 3. The Hall–Kier alpha value is -2.97. The molecule has 0 aliphatic carbocycles. The molecule has 0 spiro atoms. The molecule has 0 saturated carbocycles. The van der Waals surface area contributed by atoms with Crippen LogP contribution in [0.25, 0.3) is 0 Å². The lowest BCUT2D eigenvalue weighted by Gasteiger charge is -2.46. The Bertz CT molecular complexity index is 1380. The molecule has 1 atom stereocenters. The second kappa shape index (κ2) is 11.9. The van der Waals surface area contributed by atoms with E-state index in [0.29, 0.717) is 55.5 Å². The smallest absolute Gasteiger partial charge is 0.253 e. The topological polar surface area (TPSA) is 61.9 Å². The van der Waals surface area contributed by atoms with Gasteiger partial charge in [0.2, 0.25) is 5.91 Å². The molecule has 0 aromatic heterocycles. The number of carbonyl (C=O) groups excluding carboxylic acids is 2. The fourth-order valence-corrected chi connectivity index (χ4v) is 6.16. The van der Waals surface area contributed by atoms with E-state index in [-0.39, 0.29) is 24.2 Å². The summed E-state index contributed by atoms with van der Waals surface area (Å²) in [6.45, 7) is 3.87. The fourth-order valence-electron chi connectivity index (χ4n) is 5.87. The second-order valence-corrected chi connectivity index (χ2v) is 11.4. The first-order chi connectivity index (χ1) is 19.2. The summed E-state index contributed by atoms with van der Waals surface area (Å²) in [6, 6.07) is 21.5. The van der Waals surface area contributed by atoms with Crippen LogP contribution in [0.5, 0.6) is 0 Å². The van der Waals surface area contributed by atoms with Gasteiger partial charge in [0.25, 0.3) is 5.91 Å². The Balaban J connectivity index is 1.37. The van der Waals surface area contributed by atoms with Crippen molar-refractivity contribution in [2.75, 3.05) is 37.7 Å². The van der Waals surface area contributed by atoms with Crippen LogP contribution < -0.4 is 10.2 Å². The van der Waals surface area contributed by atoms with E-state index < -0.39 is 11.1 Å². The molecule has 2 fully saturated rings. The predicted octanol–water partition coefficient (Wildman–Crippen LogP) is 5.91. The average molecular weight is 585 g/mol. The highest BCUT2D eigenvalue weighted by atomic mass is 35.5. The third-order valence-electron chi connectivity index (χ3n) is 8.03.